The Morgan fingerprint density at radius 2 is 1.86 bits per heavy atom. The largest absolute Gasteiger partial charge is 0.465 e. The molecule has 3 rings (SSSR count). The minimum atomic E-state index is -0.968. The lowest BCUT2D eigenvalue weighted by molar-refractivity contribution is 0.188. The fourth-order valence-corrected chi connectivity index (χ4v) is 3.05. The molecule has 1 atom stereocenters. The van der Waals surface area contributed by atoms with Gasteiger partial charge in [-0.1, -0.05) is 35.9 Å². The first-order valence-corrected chi connectivity index (χ1v) is 7.39. The number of amides is 1. The highest BCUT2D eigenvalue weighted by Gasteiger charge is 2.22. The number of fused-ring (bicyclic) bond motifs is 1. The Morgan fingerprint density at radius 3 is 2.57 bits per heavy atom. The molecule has 21 heavy (non-hydrogen) atoms. The lowest BCUT2D eigenvalue weighted by atomic mass is 9.85. The van der Waals surface area contributed by atoms with Crippen LogP contribution in [0.25, 0.3) is 11.1 Å². The van der Waals surface area contributed by atoms with E-state index >= 15 is 0 Å². The van der Waals surface area contributed by atoms with E-state index in [1.54, 1.807) is 0 Å². The summed E-state index contributed by atoms with van der Waals surface area (Å²) in [5.41, 5.74) is 4.50. The molecule has 108 valence electrons. The number of carboxylic acid groups (broad SMARTS) is 1. The van der Waals surface area contributed by atoms with Gasteiger partial charge in [-0.3, -0.25) is 0 Å². The molecule has 0 radical (unpaired) electrons. The molecule has 3 nitrogen and oxygen atoms in total. The molecule has 0 saturated heterocycles. The van der Waals surface area contributed by atoms with Crippen LogP contribution in [0.2, 0.25) is 5.02 Å². The van der Waals surface area contributed by atoms with E-state index < -0.39 is 6.09 Å². The van der Waals surface area contributed by atoms with Crippen molar-refractivity contribution in [1.29, 1.82) is 0 Å². The molecule has 0 fully saturated rings. The Bertz CT molecular complexity index is 667. The number of nitrogens with one attached hydrogen (secondary N) is 1. The molecule has 0 bridgehead atoms. The highest BCUT2D eigenvalue weighted by molar-refractivity contribution is 6.30. The van der Waals surface area contributed by atoms with E-state index in [0.29, 0.717) is 5.02 Å². The third-order valence-electron chi connectivity index (χ3n) is 3.94. The van der Waals surface area contributed by atoms with Gasteiger partial charge in [-0.25, -0.2) is 4.79 Å². The Hall–Kier alpha value is -2.00. The van der Waals surface area contributed by atoms with Crippen LogP contribution >= 0.6 is 11.6 Å². The maximum atomic E-state index is 10.9. The molecular weight excluding hydrogens is 286 g/mol. The number of carbonyl (C=O) groups is 1. The Labute approximate surface area is 128 Å². The van der Waals surface area contributed by atoms with Gasteiger partial charge in [-0.05, 0) is 59.7 Å². The number of benzene rings is 2. The number of aryl methyl sites for hydroxylation is 1. The zero-order chi connectivity index (χ0) is 14.8. The minimum absolute atomic E-state index is 0.112. The zero-order valence-electron chi connectivity index (χ0n) is 11.5. The molecule has 1 aliphatic rings. The standard InChI is InChI=1S/C17H16ClNO2/c18-14-8-6-11(7-9-14)13-5-4-12-2-1-3-16(15(12)10-13)19-17(20)21/h4-10,16,19H,1-3H2,(H,20,21). The number of halogens is 1. The SMILES string of the molecule is O=C(O)NC1CCCc2ccc(-c3ccc(Cl)cc3)cc21. The normalized spacial score (nSPS) is 17.1. The average Bonchev–Trinajstić information content (AvgIpc) is 2.47. The van der Waals surface area contributed by atoms with Crippen molar-refractivity contribution in [1.82, 2.24) is 5.32 Å². The van der Waals surface area contributed by atoms with Crippen LogP contribution in [-0.2, 0) is 6.42 Å². The fraction of sp³-hybridized carbons (Fsp3) is 0.235. The smallest absolute Gasteiger partial charge is 0.405 e. The highest BCUT2D eigenvalue weighted by Crippen LogP contribution is 2.33. The van der Waals surface area contributed by atoms with Crippen LogP contribution in [0.3, 0.4) is 0 Å². The van der Waals surface area contributed by atoms with E-state index in [1.165, 1.54) is 5.56 Å². The summed E-state index contributed by atoms with van der Waals surface area (Å²) in [5.74, 6) is 0. The maximum absolute atomic E-state index is 10.9. The first-order chi connectivity index (χ1) is 10.1. The van der Waals surface area contributed by atoms with Gasteiger partial charge in [0, 0.05) is 5.02 Å². The summed E-state index contributed by atoms with van der Waals surface area (Å²) in [4.78, 5) is 10.9. The Balaban J connectivity index is 1.98. The summed E-state index contributed by atoms with van der Waals surface area (Å²) in [6.45, 7) is 0. The van der Waals surface area contributed by atoms with Crippen molar-refractivity contribution in [3.8, 4) is 11.1 Å². The van der Waals surface area contributed by atoms with Crippen molar-refractivity contribution in [2.24, 2.45) is 0 Å². The predicted octanol–water partition coefficient (Wildman–Crippen LogP) is 4.65. The van der Waals surface area contributed by atoms with E-state index in [2.05, 4.69) is 23.5 Å². The van der Waals surface area contributed by atoms with E-state index in [1.807, 2.05) is 24.3 Å². The van der Waals surface area contributed by atoms with Crippen molar-refractivity contribution in [3.63, 3.8) is 0 Å². The molecule has 4 heteroatoms. The fourth-order valence-electron chi connectivity index (χ4n) is 2.92. The Kier molecular flexibility index (Phi) is 3.84. The first-order valence-electron chi connectivity index (χ1n) is 7.02. The first kappa shape index (κ1) is 14.0. The summed E-state index contributed by atoms with van der Waals surface area (Å²) in [6.07, 6.45) is 1.90. The van der Waals surface area contributed by atoms with Crippen molar-refractivity contribution in [2.45, 2.75) is 25.3 Å². The summed E-state index contributed by atoms with van der Waals surface area (Å²) < 4.78 is 0. The highest BCUT2D eigenvalue weighted by atomic mass is 35.5. The lowest BCUT2D eigenvalue weighted by Gasteiger charge is -2.26. The maximum Gasteiger partial charge on any atom is 0.405 e. The van der Waals surface area contributed by atoms with Crippen molar-refractivity contribution in [2.75, 3.05) is 0 Å². The minimum Gasteiger partial charge on any atom is -0.465 e. The zero-order valence-corrected chi connectivity index (χ0v) is 12.2. The molecule has 0 aliphatic heterocycles. The molecule has 0 spiro atoms. The van der Waals surface area contributed by atoms with Crippen molar-refractivity contribution < 1.29 is 9.90 Å². The molecule has 2 aromatic carbocycles. The van der Waals surface area contributed by atoms with Crippen LogP contribution in [-0.4, -0.2) is 11.2 Å². The van der Waals surface area contributed by atoms with Gasteiger partial charge in [0.1, 0.15) is 0 Å². The molecule has 2 aromatic rings. The van der Waals surface area contributed by atoms with Gasteiger partial charge in [0.15, 0.2) is 0 Å². The molecular formula is C17H16ClNO2. The second-order valence-electron chi connectivity index (χ2n) is 5.31. The van der Waals surface area contributed by atoms with Gasteiger partial charge in [-0.15, -0.1) is 0 Å². The molecule has 1 amide bonds. The lowest BCUT2D eigenvalue weighted by Crippen LogP contribution is -2.29. The van der Waals surface area contributed by atoms with Crippen molar-refractivity contribution in [3.05, 3.63) is 58.6 Å². The second-order valence-corrected chi connectivity index (χ2v) is 5.75. The second kappa shape index (κ2) is 5.78. The summed E-state index contributed by atoms with van der Waals surface area (Å²) in [5, 5.41) is 12.3. The molecule has 0 aromatic heterocycles. The van der Waals surface area contributed by atoms with E-state index in [0.717, 1.165) is 36.0 Å². The number of rotatable bonds is 2. The number of hydrogen-bond donors (Lipinski definition) is 2. The quantitative estimate of drug-likeness (QED) is 0.848. The summed E-state index contributed by atoms with van der Waals surface area (Å²) >= 11 is 5.92. The van der Waals surface area contributed by atoms with Crippen LogP contribution in [0.5, 0.6) is 0 Å². The van der Waals surface area contributed by atoms with Gasteiger partial charge in [0.25, 0.3) is 0 Å². The number of hydrogen-bond acceptors (Lipinski definition) is 1. The third-order valence-corrected chi connectivity index (χ3v) is 4.19. The molecule has 1 aliphatic carbocycles. The van der Waals surface area contributed by atoms with E-state index in [4.69, 9.17) is 16.7 Å². The van der Waals surface area contributed by atoms with Crippen LogP contribution in [0.15, 0.2) is 42.5 Å². The monoisotopic (exact) mass is 301 g/mol. The van der Waals surface area contributed by atoms with Gasteiger partial charge in [0.2, 0.25) is 0 Å². The summed E-state index contributed by atoms with van der Waals surface area (Å²) in [6, 6.07) is 13.9. The third kappa shape index (κ3) is 3.03. The van der Waals surface area contributed by atoms with Gasteiger partial charge in [-0.2, -0.15) is 0 Å². The van der Waals surface area contributed by atoms with Crippen LogP contribution in [0.4, 0.5) is 4.79 Å². The van der Waals surface area contributed by atoms with Crippen molar-refractivity contribution >= 4 is 17.7 Å². The average molecular weight is 302 g/mol. The molecule has 0 heterocycles. The van der Waals surface area contributed by atoms with E-state index in [9.17, 15) is 4.79 Å². The molecule has 1 unspecified atom stereocenters. The van der Waals surface area contributed by atoms with Crippen LogP contribution < -0.4 is 5.32 Å². The van der Waals surface area contributed by atoms with Gasteiger partial charge in [0.05, 0.1) is 6.04 Å². The molecule has 0 saturated carbocycles. The van der Waals surface area contributed by atoms with Gasteiger partial charge < -0.3 is 10.4 Å². The summed E-state index contributed by atoms with van der Waals surface area (Å²) in [7, 11) is 0. The van der Waals surface area contributed by atoms with Crippen LogP contribution in [0, 0.1) is 0 Å². The topological polar surface area (TPSA) is 49.3 Å². The van der Waals surface area contributed by atoms with Crippen LogP contribution in [0.1, 0.15) is 30.0 Å². The Morgan fingerprint density at radius 1 is 1.14 bits per heavy atom. The van der Waals surface area contributed by atoms with E-state index in [-0.39, 0.29) is 6.04 Å². The molecule has 2 N–H and O–H groups in total. The predicted molar refractivity (Wildman–Crippen MR) is 83.7 cm³/mol. The van der Waals surface area contributed by atoms with Gasteiger partial charge >= 0.3 is 6.09 Å².